The van der Waals surface area contributed by atoms with Gasteiger partial charge in [0, 0.05) is 64.1 Å². The topological polar surface area (TPSA) is 104 Å². The van der Waals surface area contributed by atoms with Crippen LogP contribution in [-0.4, -0.2) is 63.0 Å². The quantitative estimate of drug-likeness (QED) is 0.608. The Morgan fingerprint density at radius 3 is 2.38 bits per heavy atom. The second-order valence-electron chi connectivity index (χ2n) is 5.47. The summed E-state index contributed by atoms with van der Waals surface area (Å²) in [5, 5.41) is 6.89. The lowest BCUT2D eigenvalue weighted by Gasteiger charge is -2.15. The summed E-state index contributed by atoms with van der Waals surface area (Å²) in [5.74, 6) is 1.42. The van der Waals surface area contributed by atoms with Gasteiger partial charge in [0.25, 0.3) is 6.47 Å². The minimum Gasteiger partial charge on any atom is -0.483 e. The number of amides is 1. The third-order valence-corrected chi connectivity index (χ3v) is 3.37. The predicted molar refractivity (Wildman–Crippen MR) is 98.5 cm³/mol. The van der Waals surface area contributed by atoms with Crippen molar-refractivity contribution < 1.29 is 14.7 Å². The molecule has 0 radical (unpaired) electrons. The molecular formula is C17H24N6O3. The lowest BCUT2D eigenvalue weighted by atomic mass is 10.3. The number of carbonyl (C=O) groups excluding carboxylic acids is 1. The second-order valence-corrected chi connectivity index (χ2v) is 5.47. The van der Waals surface area contributed by atoms with Crippen LogP contribution in [0.25, 0.3) is 6.08 Å². The molecule has 0 spiro atoms. The molecule has 0 aliphatic carbocycles. The molecule has 0 saturated heterocycles. The van der Waals surface area contributed by atoms with E-state index in [9.17, 15) is 4.79 Å². The second kappa shape index (κ2) is 10.6. The van der Waals surface area contributed by atoms with Crippen LogP contribution < -0.4 is 4.90 Å². The summed E-state index contributed by atoms with van der Waals surface area (Å²) in [6.07, 6.45) is 10.3. The molecule has 0 aliphatic heterocycles. The van der Waals surface area contributed by atoms with Gasteiger partial charge < -0.3 is 19.5 Å². The van der Waals surface area contributed by atoms with E-state index in [0.29, 0.717) is 12.5 Å². The first-order valence-electron chi connectivity index (χ1n) is 7.93. The van der Waals surface area contributed by atoms with Crippen LogP contribution in [0.4, 0.5) is 5.95 Å². The van der Waals surface area contributed by atoms with Crippen LogP contribution in [0.2, 0.25) is 0 Å². The lowest BCUT2D eigenvalue weighted by molar-refractivity contribution is -0.125. The van der Waals surface area contributed by atoms with Crippen molar-refractivity contribution in [1.82, 2.24) is 24.4 Å². The maximum absolute atomic E-state index is 12.2. The molecule has 1 N–H and O–H groups in total. The van der Waals surface area contributed by atoms with Gasteiger partial charge in [-0.05, 0) is 13.0 Å². The van der Waals surface area contributed by atoms with Gasteiger partial charge in [-0.3, -0.25) is 9.59 Å². The Bertz CT molecular complexity index is 724. The largest absolute Gasteiger partial charge is 0.483 e. The Morgan fingerprint density at radius 2 is 1.85 bits per heavy atom. The van der Waals surface area contributed by atoms with Crippen molar-refractivity contribution in [2.24, 2.45) is 0 Å². The highest BCUT2D eigenvalue weighted by Crippen LogP contribution is 2.06. The molecule has 2 rings (SSSR count). The summed E-state index contributed by atoms with van der Waals surface area (Å²) < 4.78 is 2.02. The highest BCUT2D eigenvalue weighted by Gasteiger charge is 2.09. The fourth-order valence-corrected chi connectivity index (χ4v) is 2.01. The molecule has 9 heteroatoms. The van der Waals surface area contributed by atoms with E-state index in [2.05, 4.69) is 15.0 Å². The predicted octanol–water partition coefficient (Wildman–Crippen LogP) is 1.13. The number of nitrogens with zero attached hydrogens (tertiary/aromatic N) is 6. The third kappa shape index (κ3) is 6.34. The normalized spacial score (nSPS) is 10.2. The van der Waals surface area contributed by atoms with Crippen molar-refractivity contribution in [2.45, 2.75) is 20.0 Å². The van der Waals surface area contributed by atoms with Crippen molar-refractivity contribution in [1.29, 1.82) is 0 Å². The van der Waals surface area contributed by atoms with Crippen molar-refractivity contribution in [3.8, 4) is 0 Å². The van der Waals surface area contributed by atoms with Gasteiger partial charge in [-0.25, -0.2) is 15.0 Å². The highest BCUT2D eigenvalue weighted by molar-refractivity contribution is 5.91. The molecule has 0 atom stereocenters. The molecule has 0 saturated carbocycles. The number of anilines is 1. The minimum absolute atomic E-state index is 0.0904. The molecule has 1 amide bonds. The molecule has 9 nitrogen and oxygen atoms in total. The van der Waals surface area contributed by atoms with Crippen LogP contribution >= 0.6 is 0 Å². The van der Waals surface area contributed by atoms with Crippen LogP contribution in [-0.2, 0) is 22.7 Å². The standard InChI is InChI=1S/C16H22N6O.CH2O2/c1-5-22-9-8-17-14(22)12-21(4)15(23)7-6-13-10-18-16(19-11-13)20(2)3;2-1-3/h6-11H,5,12H2,1-4H3;1H,(H,2,3)/b7-6+;. The van der Waals surface area contributed by atoms with Crippen molar-refractivity contribution in [3.63, 3.8) is 0 Å². The SMILES string of the molecule is CCn1ccnc1CN(C)C(=O)/C=C/c1cnc(N(C)C)nc1.O=CO. The fourth-order valence-electron chi connectivity index (χ4n) is 2.01. The zero-order valence-electron chi connectivity index (χ0n) is 15.4. The third-order valence-electron chi connectivity index (χ3n) is 3.37. The summed E-state index contributed by atoms with van der Waals surface area (Å²) >= 11 is 0. The monoisotopic (exact) mass is 360 g/mol. The van der Waals surface area contributed by atoms with E-state index in [1.54, 1.807) is 36.6 Å². The van der Waals surface area contributed by atoms with Gasteiger partial charge in [0.1, 0.15) is 5.82 Å². The summed E-state index contributed by atoms with van der Waals surface area (Å²) in [4.78, 5) is 36.7. The first kappa shape index (κ1) is 20.8. The first-order chi connectivity index (χ1) is 12.4. The smallest absolute Gasteiger partial charge is 0.290 e. The van der Waals surface area contributed by atoms with Crippen LogP contribution in [0.15, 0.2) is 30.9 Å². The van der Waals surface area contributed by atoms with E-state index in [-0.39, 0.29) is 12.4 Å². The van der Waals surface area contributed by atoms with Gasteiger partial charge in [-0.1, -0.05) is 0 Å². The van der Waals surface area contributed by atoms with Crippen molar-refractivity contribution in [3.05, 3.63) is 42.3 Å². The van der Waals surface area contributed by atoms with E-state index >= 15 is 0 Å². The van der Waals surface area contributed by atoms with Crippen LogP contribution in [0.5, 0.6) is 0 Å². The van der Waals surface area contributed by atoms with E-state index in [0.717, 1.165) is 17.9 Å². The molecule has 2 heterocycles. The van der Waals surface area contributed by atoms with E-state index in [4.69, 9.17) is 9.90 Å². The molecule has 0 aliphatic rings. The number of aromatic nitrogens is 4. The maximum Gasteiger partial charge on any atom is 0.290 e. The number of aryl methyl sites for hydroxylation is 1. The van der Waals surface area contributed by atoms with Gasteiger partial charge in [-0.2, -0.15) is 0 Å². The Morgan fingerprint density at radius 1 is 1.23 bits per heavy atom. The molecule has 2 aromatic heterocycles. The van der Waals surface area contributed by atoms with E-state index in [1.807, 2.05) is 36.7 Å². The Kier molecular flexibility index (Phi) is 8.48. The zero-order valence-corrected chi connectivity index (χ0v) is 15.4. The number of likely N-dealkylation sites (N-methyl/N-ethyl adjacent to an activating group) is 1. The molecule has 26 heavy (non-hydrogen) atoms. The van der Waals surface area contributed by atoms with Crippen LogP contribution in [0, 0.1) is 0 Å². The Hall–Kier alpha value is -3.23. The molecule has 2 aromatic rings. The van der Waals surface area contributed by atoms with Gasteiger partial charge >= 0.3 is 0 Å². The zero-order chi connectivity index (χ0) is 19.5. The lowest BCUT2D eigenvalue weighted by Crippen LogP contribution is -2.25. The van der Waals surface area contributed by atoms with Crippen LogP contribution in [0.3, 0.4) is 0 Å². The Labute approximate surface area is 152 Å². The molecular weight excluding hydrogens is 336 g/mol. The number of imidazole rings is 1. The van der Waals surface area contributed by atoms with Gasteiger partial charge in [-0.15, -0.1) is 0 Å². The number of hydrogen-bond acceptors (Lipinski definition) is 6. The molecule has 140 valence electrons. The van der Waals surface area contributed by atoms with Gasteiger partial charge in [0.15, 0.2) is 0 Å². The Balaban J connectivity index is 0.00000105. The molecule has 0 aromatic carbocycles. The molecule has 0 bridgehead atoms. The first-order valence-corrected chi connectivity index (χ1v) is 7.93. The molecule has 0 fully saturated rings. The van der Waals surface area contributed by atoms with Gasteiger partial charge in [0.2, 0.25) is 11.9 Å². The highest BCUT2D eigenvalue weighted by atomic mass is 16.3. The fraction of sp³-hybridized carbons (Fsp3) is 0.353. The minimum atomic E-state index is -0.250. The van der Waals surface area contributed by atoms with Crippen LogP contribution in [0.1, 0.15) is 18.3 Å². The number of hydrogen-bond donors (Lipinski definition) is 1. The summed E-state index contributed by atoms with van der Waals surface area (Å²) in [5.41, 5.74) is 0.785. The van der Waals surface area contributed by atoms with Gasteiger partial charge in [0.05, 0.1) is 6.54 Å². The van der Waals surface area contributed by atoms with E-state index in [1.165, 1.54) is 6.08 Å². The average Bonchev–Trinajstić information content (AvgIpc) is 3.07. The molecule has 0 unspecified atom stereocenters. The number of carbonyl (C=O) groups is 2. The van der Waals surface area contributed by atoms with E-state index < -0.39 is 0 Å². The summed E-state index contributed by atoms with van der Waals surface area (Å²) in [6.45, 7) is 3.10. The number of carboxylic acid groups (broad SMARTS) is 1. The summed E-state index contributed by atoms with van der Waals surface area (Å²) in [6, 6.07) is 0. The van der Waals surface area contributed by atoms with Crippen molar-refractivity contribution >= 4 is 24.4 Å². The number of rotatable bonds is 6. The average molecular weight is 360 g/mol. The summed E-state index contributed by atoms with van der Waals surface area (Å²) in [7, 11) is 5.51. The maximum atomic E-state index is 12.2. The van der Waals surface area contributed by atoms with Crippen molar-refractivity contribution in [2.75, 3.05) is 26.0 Å².